The molecule has 17 heavy (non-hydrogen) atoms. The van der Waals surface area contributed by atoms with Gasteiger partial charge in [0, 0.05) is 35.8 Å². The van der Waals surface area contributed by atoms with Crippen molar-refractivity contribution in [1.82, 2.24) is 9.78 Å². The average molecular weight is 250 g/mol. The minimum Gasteiger partial charge on any atom is -0.328 e. The Morgan fingerprint density at radius 2 is 2.00 bits per heavy atom. The monoisotopic (exact) mass is 249 g/mol. The van der Waals surface area contributed by atoms with E-state index in [2.05, 4.69) is 5.10 Å². The van der Waals surface area contributed by atoms with Crippen molar-refractivity contribution in [2.45, 2.75) is 19.4 Å². The summed E-state index contributed by atoms with van der Waals surface area (Å²) in [7, 11) is 1.94. The van der Waals surface area contributed by atoms with E-state index in [4.69, 9.17) is 17.3 Å². The zero-order valence-electron chi connectivity index (χ0n) is 10.0. The molecule has 4 heteroatoms. The van der Waals surface area contributed by atoms with E-state index in [-0.39, 0.29) is 6.04 Å². The van der Waals surface area contributed by atoms with E-state index >= 15 is 0 Å². The maximum absolute atomic E-state index is 5.89. The second kappa shape index (κ2) is 4.90. The lowest BCUT2D eigenvalue weighted by molar-refractivity contribution is 0.651. The minimum absolute atomic E-state index is 0.122. The summed E-state index contributed by atoms with van der Waals surface area (Å²) in [6.07, 6.45) is 2.69. The van der Waals surface area contributed by atoms with Crippen molar-refractivity contribution in [3.63, 3.8) is 0 Å². The van der Waals surface area contributed by atoms with Crippen LogP contribution < -0.4 is 5.73 Å². The lowest BCUT2D eigenvalue weighted by Gasteiger charge is -2.09. The number of rotatable bonds is 3. The third-order valence-corrected chi connectivity index (χ3v) is 2.98. The second-order valence-corrected chi connectivity index (χ2v) is 4.75. The predicted octanol–water partition coefficient (Wildman–Crippen LogP) is 2.63. The Kier molecular flexibility index (Phi) is 3.50. The molecule has 90 valence electrons. The molecule has 2 aromatic rings. The molecule has 1 unspecified atom stereocenters. The van der Waals surface area contributed by atoms with Crippen LogP contribution in [-0.4, -0.2) is 15.8 Å². The zero-order valence-corrected chi connectivity index (χ0v) is 10.8. The van der Waals surface area contributed by atoms with E-state index in [9.17, 15) is 0 Å². The number of aromatic nitrogens is 2. The van der Waals surface area contributed by atoms with E-state index in [0.29, 0.717) is 0 Å². The molecule has 0 saturated carbocycles. The summed E-state index contributed by atoms with van der Waals surface area (Å²) < 4.78 is 1.88. The van der Waals surface area contributed by atoms with Crippen molar-refractivity contribution in [2.24, 2.45) is 12.8 Å². The first kappa shape index (κ1) is 12.1. The van der Waals surface area contributed by atoms with Gasteiger partial charge in [-0.05, 0) is 24.6 Å². The van der Waals surface area contributed by atoms with Gasteiger partial charge in [0.25, 0.3) is 0 Å². The van der Waals surface area contributed by atoms with Crippen molar-refractivity contribution in [3.05, 3.63) is 41.2 Å². The molecule has 0 fully saturated rings. The summed E-state index contributed by atoms with van der Waals surface area (Å²) in [5.41, 5.74) is 9.27. The van der Waals surface area contributed by atoms with Gasteiger partial charge < -0.3 is 5.73 Å². The molecular formula is C13H16ClN3. The van der Waals surface area contributed by atoms with Crippen LogP contribution in [0.25, 0.3) is 11.1 Å². The van der Waals surface area contributed by atoms with E-state index < -0.39 is 0 Å². The first-order chi connectivity index (χ1) is 8.08. The smallest absolute Gasteiger partial charge is 0.0571 e. The number of aryl methyl sites for hydroxylation is 1. The van der Waals surface area contributed by atoms with Gasteiger partial charge in [-0.15, -0.1) is 0 Å². The van der Waals surface area contributed by atoms with Crippen LogP contribution in [0.15, 0.2) is 30.5 Å². The predicted molar refractivity (Wildman–Crippen MR) is 71.0 cm³/mol. The van der Waals surface area contributed by atoms with Crippen molar-refractivity contribution in [1.29, 1.82) is 0 Å². The van der Waals surface area contributed by atoms with Gasteiger partial charge in [0.2, 0.25) is 0 Å². The van der Waals surface area contributed by atoms with Crippen LogP contribution >= 0.6 is 11.6 Å². The van der Waals surface area contributed by atoms with Crippen LogP contribution in [0.5, 0.6) is 0 Å². The molecule has 3 nitrogen and oxygen atoms in total. The summed E-state index contributed by atoms with van der Waals surface area (Å²) in [5.74, 6) is 0. The largest absolute Gasteiger partial charge is 0.328 e. The summed E-state index contributed by atoms with van der Waals surface area (Å²) in [6, 6.07) is 7.91. The van der Waals surface area contributed by atoms with Gasteiger partial charge in [0.1, 0.15) is 0 Å². The highest BCUT2D eigenvalue weighted by atomic mass is 35.5. The molecule has 0 aliphatic heterocycles. The third kappa shape index (κ3) is 2.68. The molecular weight excluding hydrogens is 234 g/mol. The standard InChI is InChI=1S/C13H16ClN3/c1-9(15)7-13-12(8-16-17(13)2)10-3-5-11(14)6-4-10/h3-6,8-9H,7,15H2,1-2H3. The molecule has 2 N–H and O–H groups in total. The van der Waals surface area contributed by atoms with Gasteiger partial charge in [0.05, 0.1) is 6.20 Å². The fraction of sp³-hybridized carbons (Fsp3) is 0.308. The molecule has 1 atom stereocenters. The van der Waals surface area contributed by atoms with Crippen LogP contribution in [0.3, 0.4) is 0 Å². The fourth-order valence-corrected chi connectivity index (χ4v) is 2.01. The van der Waals surface area contributed by atoms with Gasteiger partial charge in [0.15, 0.2) is 0 Å². The molecule has 1 aromatic carbocycles. The average Bonchev–Trinajstić information content (AvgIpc) is 2.61. The van der Waals surface area contributed by atoms with Crippen molar-refractivity contribution < 1.29 is 0 Å². The molecule has 0 saturated heterocycles. The Bertz CT molecular complexity index is 500. The van der Waals surface area contributed by atoms with E-state index in [1.807, 2.05) is 49.1 Å². The van der Waals surface area contributed by atoms with Gasteiger partial charge in [-0.25, -0.2) is 0 Å². The Morgan fingerprint density at radius 3 is 2.59 bits per heavy atom. The SMILES string of the molecule is CC(N)Cc1c(-c2ccc(Cl)cc2)cnn1C. The zero-order chi connectivity index (χ0) is 12.4. The topological polar surface area (TPSA) is 43.8 Å². The van der Waals surface area contributed by atoms with Crippen LogP contribution in [0.1, 0.15) is 12.6 Å². The van der Waals surface area contributed by atoms with Crippen LogP contribution in [0.2, 0.25) is 5.02 Å². The van der Waals surface area contributed by atoms with E-state index in [0.717, 1.165) is 28.3 Å². The normalized spacial score (nSPS) is 12.7. The quantitative estimate of drug-likeness (QED) is 0.909. The second-order valence-electron chi connectivity index (χ2n) is 4.32. The first-order valence-electron chi connectivity index (χ1n) is 5.60. The molecule has 2 rings (SSSR count). The molecule has 0 spiro atoms. The van der Waals surface area contributed by atoms with Crippen LogP contribution in [0.4, 0.5) is 0 Å². The molecule has 0 aliphatic carbocycles. The maximum Gasteiger partial charge on any atom is 0.0571 e. The lowest BCUT2D eigenvalue weighted by Crippen LogP contribution is -2.20. The van der Waals surface area contributed by atoms with Crippen molar-refractivity contribution in [3.8, 4) is 11.1 Å². The number of nitrogens with zero attached hydrogens (tertiary/aromatic N) is 2. The first-order valence-corrected chi connectivity index (χ1v) is 5.98. The highest BCUT2D eigenvalue weighted by molar-refractivity contribution is 6.30. The van der Waals surface area contributed by atoms with Crippen LogP contribution in [-0.2, 0) is 13.5 Å². The summed E-state index contributed by atoms with van der Waals surface area (Å²) >= 11 is 5.89. The number of halogens is 1. The highest BCUT2D eigenvalue weighted by Gasteiger charge is 2.11. The summed E-state index contributed by atoms with van der Waals surface area (Å²) in [5, 5.41) is 5.04. The minimum atomic E-state index is 0.122. The van der Waals surface area contributed by atoms with E-state index in [1.54, 1.807) is 0 Å². The highest BCUT2D eigenvalue weighted by Crippen LogP contribution is 2.25. The lowest BCUT2D eigenvalue weighted by atomic mass is 10.0. The van der Waals surface area contributed by atoms with Crippen molar-refractivity contribution >= 4 is 11.6 Å². The van der Waals surface area contributed by atoms with Crippen molar-refractivity contribution in [2.75, 3.05) is 0 Å². The van der Waals surface area contributed by atoms with Gasteiger partial charge >= 0.3 is 0 Å². The maximum atomic E-state index is 5.89. The third-order valence-electron chi connectivity index (χ3n) is 2.73. The Labute approximate surface area is 106 Å². The summed E-state index contributed by atoms with van der Waals surface area (Å²) in [6.45, 7) is 2.00. The fourth-order valence-electron chi connectivity index (χ4n) is 1.88. The molecule has 0 amide bonds. The molecule has 0 bridgehead atoms. The van der Waals surface area contributed by atoms with Crippen LogP contribution in [0, 0.1) is 0 Å². The number of benzene rings is 1. The summed E-state index contributed by atoms with van der Waals surface area (Å²) in [4.78, 5) is 0. The Morgan fingerprint density at radius 1 is 1.35 bits per heavy atom. The van der Waals surface area contributed by atoms with Gasteiger partial charge in [-0.1, -0.05) is 23.7 Å². The molecule has 1 heterocycles. The number of nitrogens with two attached hydrogens (primary N) is 1. The molecule has 0 aliphatic rings. The number of hydrogen-bond acceptors (Lipinski definition) is 2. The molecule has 0 radical (unpaired) electrons. The molecule has 1 aromatic heterocycles. The van der Waals surface area contributed by atoms with Gasteiger partial charge in [-0.2, -0.15) is 5.10 Å². The number of hydrogen-bond donors (Lipinski definition) is 1. The van der Waals surface area contributed by atoms with Gasteiger partial charge in [-0.3, -0.25) is 4.68 Å². The Balaban J connectivity index is 2.41. The van der Waals surface area contributed by atoms with E-state index in [1.165, 1.54) is 0 Å². The Hall–Kier alpha value is -1.32.